The Kier molecular flexibility index (Phi) is 5.70. The van der Waals surface area contributed by atoms with Gasteiger partial charge in [0, 0.05) is 33.2 Å². The van der Waals surface area contributed by atoms with Crippen molar-refractivity contribution in [3.8, 4) is 0 Å². The normalized spacial score (nSPS) is 18.9. The maximum absolute atomic E-state index is 12.7. The first kappa shape index (κ1) is 18.2. The predicted octanol–water partition coefficient (Wildman–Crippen LogP) is 1.79. The van der Waals surface area contributed by atoms with Crippen LogP contribution in [0.2, 0.25) is 0 Å². The van der Waals surface area contributed by atoms with Crippen molar-refractivity contribution in [1.29, 1.82) is 0 Å². The molecule has 8 heteroatoms. The quantitative estimate of drug-likeness (QED) is 0.879. The van der Waals surface area contributed by atoms with Crippen LogP contribution in [0.3, 0.4) is 0 Å². The summed E-state index contributed by atoms with van der Waals surface area (Å²) < 4.78 is 1.61. The molecule has 0 radical (unpaired) electrons. The Morgan fingerprint density at radius 3 is 2.81 bits per heavy atom. The zero-order valence-corrected chi connectivity index (χ0v) is 15.7. The van der Waals surface area contributed by atoms with E-state index in [0.717, 1.165) is 43.9 Å². The highest BCUT2D eigenvalue weighted by molar-refractivity contribution is 5.80. The van der Waals surface area contributed by atoms with E-state index in [0.29, 0.717) is 6.04 Å². The van der Waals surface area contributed by atoms with Gasteiger partial charge in [0.25, 0.3) is 0 Å². The molecule has 3 rings (SSSR count). The molecule has 0 aliphatic carbocycles. The number of aromatic nitrogens is 4. The summed E-state index contributed by atoms with van der Waals surface area (Å²) in [5.74, 6) is 1.04. The molecule has 1 fully saturated rings. The van der Waals surface area contributed by atoms with Gasteiger partial charge >= 0.3 is 0 Å². The number of carbonyl (C=O) groups excluding carboxylic acids is 1. The lowest BCUT2D eigenvalue weighted by atomic mass is 10.1. The second-order valence-corrected chi connectivity index (χ2v) is 6.95. The number of hydrogen-bond donors (Lipinski definition) is 1. The minimum atomic E-state index is -0.315. The van der Waals surface area contributed by atoms with Crippen LogP contribution in [0.15, 0.2) is 31.0 Å². The molecule has 0 unspecified atom stereocenters. The summed E-state index contributed by atoms with van der Waals surface area (Å²) in [5.41, 5.74) is 1.02. The van der Waals surface area contributed by atoms with Gasteiger partial charge in [0.2, 0.25) is 5.91 Å². The SMILES string of the molecule is C[C@H](C(=O)N1CCC[C@@H](Nc2ccc(N(C)C)nc2)CC1)n1cncn1. The average molecular weight is 357 g/mol. The monoisotopic (exact) mass is 357 g/mol. The van der Waals surface area contributed by atoms with Crippen LogP contribution >= 0.6 is 0 Å². The van der Waals surface area contributed by atoms with Gasteiger partial charge in [0.1, 0.15) is 24.5 Å². The van der Waals surface area contributed by atoms with Crippen LogP contribution in [-0.4, -0.2) is 63.8 Å². The van der Waals surface area contributed by atoms with Gasteiger partial charge in [-0.15, -0.1) is 0 Å². The fraction of sp³-hybridized carbons (Fsp3) is 0.556. The second-order valence-electron chi connectivity index (χ2n) is 6.95. The summed E-state index contributed by atoms with van der Waals surface area (Å²) in [6.45, 7) is 3.40. The maximum Gasteiger partial charge on any atom is 0.247 e. The number of pyridine rings is 1. The fourth-order valence-corrected chi connectivity index (χ4v) is 3.23. The smallest absolute Gasteiger partial charge is 0.247 e. The summed E-state index contributed by atoms with van der Waals surface area (Å²) in [4.78, 5) is 25.0. The first-order chi connectivity index (χ1) is 12.5. The zero-order valence-electron chi connectivity index (χ0n) is 15.7. The van der Waals surface area contributed by atoms with E-state index >= 15 is 0 Å². The first-order valence-electron chi connectivity index (χ1n) is 9.07. The molecule has 1 N–H and O–H groups in total. The number of anilines is 2. The summed E-state index contributed by atoms with van der Waals surface area (Å²) in [6, 6.07) is 4.10. The topological polar surface area (TPSA) is 79.2 Å². The molecule has 26 heavy (non-hydrogen) atoms. The number of rotatable bonds is 5. The summed E-state index contributed by atoms with van der Waals surface area (Å²) in [5, 5.41) is 7.64. The summed E-state index contributed by atoms with van der Waals surface area (Å²) in [6.07, 6.45) is 7.87. The van der Waals surface area contributed by atoms with E-state index in [1.165, 1.54) is 6.33 Å². The number of carbonyl (C=O) groups is 1. The summed E-state index contributed by atoms with van der Waals surface area (Å²) in [7, 11) is 3.96. The van der Waals surface area contributed by atoms with Crippen molar-refractivity contribution in [3.63, 3.8) is 0 Å². The van der Waals surface area contributed by atoms with Crippen LogP contribution in [0.5, 0.6) is 0 Å². The van der Waals surface area contributed by atoms with E-state index < -0.39 is 0 Å². The Balaban J connectivity index is 1.55. The molecule has 1 amide bonds. The lowest BCUT2D eigenvalue weighted by molar-refractivity contribution is -0.134. The van der Waals surface area contributed by atoms with Crippen LogP contribution in [0.1, 0.15) is 32.2 Å². The Labute approximate surface area is 154 Å². The molecule has 1 aliphatic heterocycles. The minimum Gasteiger partial charge on any atom is -0.381 e. The molecule has 2 aromatic heterocycles. The van der Waals surface area contributed by atoms with E-state index in [4.69, 9.17) is 0 Å². The minimum absolute atomic E-state index is 0.105. The standard InChI is InChI=1S/C18H27N7O/c1-14(25-13-19-12-21-25)18(26)24-9-4-5-15(8-10-24)22-16-6-7-17(20-11-16)23(2)3/h6-7,11-15,22H,4-5,8-10H2,1-3H3/t14-,15-/m1/s1. The lowest BCUT2D eigenvalue weighted by Crippen LogP contribution is -2.37. The number of nitrogens with one attached hydrogen (secondary N) is 1. The van der Waals surface area contributed by atoms with Gasteiger partial charge in [-0.25, -0.2) is 14.6 Å². The second kappa shape index (κ2) is 8.16. The zero-order chi connectivity index (χ0) is 18.5. The van der Waals surface area contributed by atoms with Gasteiger partial charge in [0.05, 0.1) is 11.9 Å². The van der Waals surface area contributed by atoms with Gasteiger partial charge in [-0.05, 0) is 38.3 Å². The number of likely N-dealkylation sites (tertiary alicyclic amines) is 1. The predicted molar refractivity (Wildman–Crippen MR) is 101 cm³/mol. The third-order valence-electron chi connectivity index (χ3n) is 4.81. The molecule has 0 saturated carbocycles. The molecular formula is C18H27N7O. The number of hydrogen-bond acceptors (Lipinski definition) is 6. The van der Waals surface area contributed by atoms with E-state index in [1.807, 2.05) is 43.1 Å². The lowest BCUT2D eigenvalue weighted by Gasteiger charge is -2.24. The molecule has 1 aliphatic rings. The molecule has 2 aromatic rings. The van der Waals surface area contributed by atoms with Crippen LogP contribution in [-0.2, 0) is 4.79 Å². The van der Waals surface area contributed by atoms with Crippen molar-refractivity contribution in [2.75, 3.05) is 37.4 Å². The molecular weight excluding hydrogens is 330 g/mol. The van der Waals surface area contributed by atoms with Gasteiger partial charge in [-0.2, -0.15) is 5.10 Å². The maximum atomic E-state index is 12.7. The Morgan fingerprint density at radius 2 is 2.15 bits per heavy atom. The van der Waals surface area contributed by atoms with E-state index in [9.17, 15) is 4.79 Å². The van der Waals surface area contributed by atoms with Crippen molar-refractivity contribution < 1.29 is 4.79 Å². The van der Waals surface area contributed by atoms with Crippen molar-refractivity contribution in [1.82, 2.24) is 24.6 Å². The number of amides is 1. The van der Waals surface area contributed by atoms with Crippen LogP contribution in [0.4, 0.5) is 11.5 Å². The van der Waals surface area contributed by atoms with E-state index in [2.05, 4.69) is 26.4 Å². The Hall–Kier alpha value is -2.64. The summed E-state index contributed by atoms with van der Waals surface area (Å²) >= 11 is 0. The third kappa shape index (κ3) is 4.30. The van der Waals surface area contributed by atoms with Gasteiger partial charge in [0.15, 0.2) is 0 Å². The Morgan fingerprint density at radius 1 is 1.31 bits per heavy atom. The third-order valence-corrected chi connectivity index (χ3v) is 4.81. The molecule has 0 aromatic carbocycles. The van der Waals surface area contributed by atoms with Crippen LogP contribution in [0.25, 0.3) is 0 Å². The van der Waals surface area contributed by atoms with Crippen LogP contribution in [0, 0.1) is 0 Å². The average Bonchev–Trinajstić information content (AvgIpc) is 3.08. The van der Waals surface area contributed by atoms with Gasteiger partial charge in [-0.1, -0.05) is 0 Å². The highest BCUT2D eigenvalue weighted by Gasteiger charge is 2.25. The van der Waals surface area contributed by atoms with Crippen molar-refractivity contribution in [2.24, 2.45) is 0 Å². The number of nitrogens with zero attached hydrogens (tertiary/aromatic N) is 6. The van der Waals surface area contributed by atoms with Crippen LogP contribution < -0.4 is 10.2 Å². The van der Waals surface area contributed by atoms with E-state index in [1.54, 1.807) is 11.0 Å². The van der Waals surface area contributed by atoms with Crippen molar-refractivity contribution in [2.45, 2.75) is 38.3 Å². The largest absolute Gasteiger partial charge is 0.381 e. The highest BCUT2D eigenvalue weighted by Crippen LogP contribution is 2.20. The van der Waals surface area contributed by atoms with E-state index in [-0.39, 0.29) is 11.9 Å². The van der Waals surface area contributed by atoms with Gasteiger partial charge < -0.3 is 15.1 Å². The molecule has 0 bridgehead atoms. The highest BCUT2D eigenvalue weighted by atomic mass is 16.2. The molecule has 0 spiro atoms. The van der Waals surface area contributed by atoms with Crippen molar-refractivity contribution in [3.05, 3.63) is 31.0 Å². The van der Waals surface area contributed by atoms with Gasteiger partial charge in [-0.3, -0.25) is 4.79 Å². The first-order valence-corrected chi connectivity index (χ1v) is 9.07. The Bertz CT molecular complexity index is 699. The molecule has 3 heterocycles. The molecule has 140 valence electrons. The van der Waals surface area contributed by atoms with Crippen molar-refractivity contribution >= 4 is 17.4 Å². The molecule has 1 saturated heterocycles. The molecule has 8 nitrogen and oxygen atoms in total. The fourth-order valence-electron chi connectivity index (χ4n) is 3.23. The molecule has 2 atom stereocenters.